The van der Waals surface area contributed by atoms with Gasteiger partial charge in [0.2, 0.25) is 0 Å². The van der Waals surface area contributed by atoms with Crippen LogP contribution < -0.4 is 4.74 Å². The monoisotopic (exact) mass is 219 g/mol. The van der Waals surface area contributed by atoms with Gasteiger partial charge in [-0.05, 0) is 19.1 Å². The second kappa shape index (κ2) is 6.67. The zero-order chi connectivity index (χ0) is 11.8. The molecule has 0 N–H and O–H groups in total. The fraction of sp³-hybridized carbons (Fsp3) is 0.308. The molecule has 1 amide bonds. The van der Waals surface area contributed by atoms with Gasteiger partial charge in [0.1, 0.15) is 5.75 Å². The summed E-state index contributed by atoms with van der Waals surface area (Å²) >= 11 is 0. The lowest BCUT2D eigenvalue weighted by Crippen LogP contribution is -2.34. The SMILES string of the molecule is C=CCN(CC)C(=O)COc1ccccc1. The van der Waals surface area contributed by atoms with E-state index in [9.17, 15) is 4.79 Å². The van der Waals surface area contributed by atoms with Crippen LogP contribution in [0.3, 0.4) is 0 Å². The third-order valence-electron chi connectivity index (χ3n) is 2.19. The number of para-hydroxylation sites is 1. The summed E-state index contributed by atoms with van der Waals surface area (Å²) < 4.78 is 5.37. The molecule has 1 aromatic rings. The smallest absolute Gasteiger partial charge is 0.260 e. The van der Waals surface area contributed by atoms with Gasteiger partial charge in [0.25, 0.3) is 5.91 Å². The molecule has 16 heavy (non-hydrogen) atoms. The Kier molecular flexibility index (Phi) is 5.12. The fourth-order valence-electron chi connectivity index (χ4n) is 1.32. The van der Waals surface area contributed by atoms with Gasteiger partial charge in [-0.3, -0.25) is 4.79 Å². The summed E-state index contributed by atoms with van der Waals surface area (Å²) in [6.45, 7) is 6.86. The van der Waals surface area contributed by atoms with Gasteiger partial charge in [0.15, 0.2) is 6.61 Å². The predicted molar refractivity (Wildman–Crippen MR) is 64.4 cm³/mol. The van der Waals surface area contributed by atoms with Gasteiger partial charge in [0, 0.05) is 13.1 Å². The van der Waals surface area contributed by atoms with Crippen LogP contribution >= 0.6 is 0 Å². The molecule has 0 radical (unpaired) electrons. The Balaban J connectivity index is 2.42. The minimum Gasteiger partial charge on any atom is -0.484 e. The van der Waals surface area contributed by atoms with E-state index in [1.165, 1.54) is 0 Å². The van der Waals surface area contributed by atoms with Crippen LogP contribution in [0.15, 0.2) is 43.0 Å². The molecule has 0 unspecified atom stereocenters. The first-order chi connectivity index (χ1) is 7.77. The Labute approximate surface area is 96.3 Å². The highest BCUT2D eigenvalue weighted by Gasteiger charge is 2.10. The normalized spacial score (nSPS) is 9.56. The van der Waals surface area contributed by atoms with Crippen LogP contribution in [0, 0.1) is 0 Å². The van der Waals surface area contributed by atoms with Gasteiger partial charge in [-0.1, -0.05) is 24.3 Å². The number of nitrogens with zero attached hydrogens (tertiary/aromatic N) is 1. The van der Waals surface area contributed by atoms with Gasteiger partial charge in [0.05, 0.1) is 0 Å². The molecule has 3 heteroatoms. The summed E-state index contributed by atoms with van der Waals surface area (Å²) in [7, 11) is 0. The van der Waals surface area contributed by atoms with Crippen LogP contribution in [-0.2, 0) is 4.79 Å². The second-order valence-electron chi connectivity index (χ2n) is 3.32. The summed E-state index contributed by atoms with van der Waals surface area (Å²) in [6, 6.07) is 9.32. The van der Waals surface area contributed by atoms with Gasteiger partial charge in [-0.15, -0.1) is 6.58 Å². The van der Waals surface area contributed by atoms with Gasteiger partial charge in [-0.25, -0.2) is 0 Å². The largest absolute Gasteiger partial charge is 0.484 e. The first-order valence-corrected chi connectivity index (χ1v) is 5.34. The molecular weight excluding hydrogens is 202 g/mol. The van der Waals surface area contributed by atoms with E-state index in [0.717, 1.165) is 0 Å². The van der Waals surface area contributed by atoms with E-state index in [1.54, 1.807) is 11.0 Å². The number of likely N-dealkylation sites (N-methyl/N-ethyl adjacent to an activating group) is 1. The molecule has 0 spiro atoms. The first kappa shape index (κ1) is 12.3. The van der Waals surface area contributed by atoms with E-state index in [-0.39, 0.29) is 12.5 Å². The number of amides is 1. The summed E-state index contributed by atoms with van der Waals surface area (Å²) in [5.41, 5.74) is 0. The van der Waals surface area contributed by atoms with Crippen molar-refractivity contribution in [2.75, 3.05) is 19.7 Å². The number of rotatable bonds is 6. The molecular formula is C13H17NO2. The van der Waals surface area contributed by atoms with E-state index in [2.05, 4.69) is 6.58 Å². The van der Waals surface area contributed by atoms with Crippen molar-refractivity contribution in [3.05, 3.63) is 43.0 Å². The maximum absolute atomic E-state index is 11.7. The third kappa shape index (κ3) is 3.77. The van der Waals surface area contributed by atoms with Crippen molar-refractivity contribution in [2.24, 2.45) is 0 Å². The third-order valence-corrected chi connectivity index (χ3v) is 2.19. The van der Waals surface area contributed by atoms with E-state index in [4.69, 9.17) is 4.74 Å². The molecule has 3 nitrogen and oxygen atoms in total. The van der Waals surface area contributed by atoms with E-state index in [1.807, 2.05) is 37.3 Å². The Morgan fingerprint density at radius 2 is 2.12 bits per heavy atom. The highest BCUT2D eigenvalue weighted by atomic mass is 16.5. The maximum atomic E-state index is 11.7. The quantitative estimate of drug-likeness (QED) is 0.686. The van der Waals surface area contributed by atoms with Crippen LogP contribution in [0.2, 0.25) is 0 Å². The number of carbonyl (C=O) groups is 1. The Morgan fingerprint density at radius 3 is 2.69 bits per heavy atom. The zero-order valence-corrected chi connectivity index (χ0v) is 9.56. The molecule has 0 saturated carbocycles. The summed E-state index contributed by atoms with van der Waals surface area (Å²) in [5.74, 6) is 0.691. The highest BCUT2D eigenvalue weighted by Crippen LogP contribution is 2.08. The molecule has 0 atom stereocenters. The molecule has 0 heterocycles. The standard InChI is InChI=1S/C13H17NO2/c1-3-10-14(4-2)13(15)11-16-12-8-6-5-7-9-12/h3,5-9H,1,4,10-11H2,2H3. The Morgan fingerprint density at radius 1 is 1.44 bits per heavy atom. The lowest BCUT2D eigenvalue weighted by Gasteiger charge is -2.18. The molecule has 86 valence electrons. The molecule has 0 aliphatic carbocycles. The summed E-state index contributed by atoms with van der Waals surface area (Å²) in [5, 5.41) is 0. The molecule has 0 bridgehead atoms. The fourth-order valence-corrected chi connectivity index (χ4v) is 1.32. The number of hydrogen-bond donors (Lipinski definition) is 0. The molecule has 0 aliphatic heterocycles. The van der Waals surface area contributed by atoms with Crippen molar-refractivity contribution < 1.29 is 9.53 Å². The Bertz CT molecular complexity index is 335. The number of carbonyl (C=O) groups excluding carboxylic acids is 1. The van der Waals surface area contributed by atoms with E-state index < -0.39 is 0 Å². The maximum Gasteiger partial charge on any atom is 0.260 e. The van der Waals surface area contributed by atoms with Crippen LogP contribution in [0.4, 0.5) is 0 Å². The average molecular weight is 219 g/mol. The zero-order valence-electron chi connectivity index (χ0n) is 9.56. The van der Waals surface area contributed by atoms with Gasteiger partial charge < -0.3 is 9.64 Å². The summed E-state index contributed by atoms with van der Waals surface area (Å²) in [6.07, 6.45) is 1.71. The van der Waals surface area contributed by atoms with Crippen molar-refractivity contribution >= 4 is 5.91 Å². The predicted octanol–water partition coefficient (Wildman–Crippen LogP) is 2.10. The van der Waals surface area contributed by atoms with Crippen LogP contribution in [-0.4, -0.2) is 30.5 Å². The molecule has 1 aromatic carbocycles. The van der Waals surface area contributed by atoms with Crippen molar-refractivity contribution in [3.63, 3.8) is 0 Å². The van der Waals surface area contributed by atoms with E-state index in [0.29, 0.717) is 18.8 Å². The lowest BCUT2D eigenvalue weighted by atomic mass is 10.3. The summed E-state index contributed by atoms with van der Waals surface area (Å²) in [4.78, 5) is 13.4. The van der Waals surface area contributed by atoms with Crippen molar-refractivity contribution in [2.45, 2.75) is 6.92 Å². The molecule has 0 fully saturated rings. The van der Waals surface area contributed by atoms with Crippen molar-refractivity contribution in [1.82, 2.24) is 4.90 Å². The van der Waals surface area contributed by atoms with Crippen molar-refractivity contribution in [1.29, 1.82) is 0 Å². The molecule has 0 aliphatic rings. The highest BCUT2D eigenvalue weighted by molar-refractivity contribution is 5.77. The average Bonchev–Trinajstić information content (AvgIpc) is 2.34. The van der Waals surface area contributed by atoms with Gasteiger partial charge in [-0.2, -0.15) is 0 Å². The lowest BCUT2D eigenvalue weighted by molar-refractivity contribution is -0.132. The molecule has 0 aromatic heterocycles. The topological polar surface area (TPSA) is 29.5 Å². The molecule has 0 saturated heterocycles. The van der Waals surface area contributed by atoms with Crippen LogP contribution in [0.5, 0.6) is 5.75 Å². The molecule has 1 rings (SSSR count). The van der Waals surface area contributed by atoms with Crippen molar-refractivity contribution in [3.8, 4) is 5.75 Å². The minimum absolute atomic E-state index is 0.0220. The van der Waals surface area contributed by atoms with Gasteiger partial charge >= 0.3 is 0 Å². The number of hydrogen-bond acceptors (Lipinski definition) is 2. The number of ether oxygens (including phenoxy) is 1. The number of benzene rings is 1. The van der Waals surface area contributed by atoms with E-state index >= 15 is 0 Å². The van der Waals surface area contributed by atoms with Crippen LogP contribution in [0.25, 0.3) is 0 Å². The Hall–Kier alpha value is -1.77. The minimum atomic E-state index is -0.0220. The van der Waals surface area contributed by atoms with Crippen LogP contribution in [0.1, 0.15) is 6.92 Å². The first-order valence-electron chi connectivity index (χ1n) is 5.34. The second-order valence-corrected chi connectivity index (χ2v) is 3.32.